The Hall–Kier alpha value is -0.970. The van der Waals surface area contributed by atoms with Crippen molar-refractivity contribution in [2.45, 2.75) is 64.7 Å². The second-order valence-electron chi connectivity index (χ2n) is 7.81. The van der Waals surface area contributed by atoms with Crippen LogP contribution in [0.5, 0.6) is 0 Å². The van der Waals surface area contributed by atoms with E-state index in [1.807, 2.05) is 34.0 Å². The molecule has 2 amide bonds. The molecule has 0 aromatic heterocycles. The van der Waals surface area contributed by atoms with Crippen molar-refractivity contribution in [2.24, 2.45) is 17.6 Å². The summed E-state index contributed by atoms with van der Waals surface area (Å²) in [6.45, 7) is 8.15. The molecule has 0 aliphatic heterocycles. The molecule has 0 unspecified atom stereocenters. The van der Waals surface area contributed by atoms with Crippen molar-refractivity contribution >= 4 is 42.2 Å². The van der Waals surface area contributed by atoms with Crippen LogP contribution in [0.1, 0.15) is 40.5 Å². The number of thioether (sulfide) groups is 1. The van der Waals surface area contributed by atoms with Crippen molar-refractivity contribution in [3.05, 3.63) is 0 Å². The van der Waals surface area contributed by atoms with Gasteiger partial charge in [0.25, 0.3) is 0 Å². The lowest BCUT2D eigenvalue weighted by atomic mass is 9.96. The fraction of sp³-hybridized carbons (Fsp3) is 0.850. The Balaban J connectivity index is 5.33. The third-order valence-corrected chi connectivity index (χ3v) is 6.10. The first-order chi connectivity index (χ1) is 14.1. The summed E-state index contributed by atoms with van der Waals surface area (Å²) in [5.41, 5.74) is 5.90. The van der Waals surface area contributed by atoms with E-state index in [0.717, 1.165) is 0 Å². The predicted molar refractivity (Wildman–Crippen MR) is 127 cm³/mol. The average molecular weight is 465 g/mol. The molecule has 0 saturated heterocycles. The van der Waals surface area contributed by atoms with Crippen LogP contribution >= 0.6 is 24.4 Å². The van der Waals surface area contributed by atoms with Crippen LogP contribution in [0.2, 0.25) is 0 Å². The van der Waals surface area contributed by atoms with E-state index < -0.39 is 24.1 Å². The van der Waals surface area contributed by atoms with E-state index in [2.05, 4.69) is 28.6 Å². The van der Waals surface area contributed by atoms with Gasteiger partial charge in [0.1, 0.15) is 12.1 Å². The molecular weight excluding hydrogens is 424 g/mol. The molecule has 0 aromatic carbocycles. The summed E-state index contributed by atoms with van der Waals surface area (Å²) in [4.78, 5) is 38.0. The number of hydrogen-bond acceptors (Lipinski definition) is 8. The maximum atomic E-state index is 13.0. The Morgan fingerprint density at radius 3 is 2.17 bits per heavy atom. The number of hydrogen-bond donors (Lipinski definition) is 5. The van der Waals surface area contributed by atoms with Gasteiger partial charge in [0.2, 0.25) is 11.8 Å². The number of thiol groups is 1. The van der Waals surface area contributed by atoms with Crippen LogP contribution in [0, 0.1) is 11.8 Å². The van der Waals surface area contributed by atoms with Gasteiger partial charge in [-0.25, -0.2) is 4.79 Å². The van der Waals surface area contributed by atoms with Crippen LogP contribution in [0.4, 0.5) is 0 Å². The average Bonchev–Trinajstić information content (AvgIpc) is 2.72. The number of methoxy groups -OCH3 is 1. The van der Waals surface area contributed by atoms with Crippen LogP contribution in [-0.2, 0) is 19.1 Å². The van der Waals surface area contributed by atoms with Gasteiger partial charge in [-0.3, -0.25) is 9.59 Å². The molecule has 0 fully saturated rings. The van der Waals surface area contributed by atoms with E-state index in [-0.39, 0.29) is 29.7 Å². The van der Waals surface area contributed by atoms with Gasteiger partial charge in [0.15, 0.2) is 0 Å². The molecule has 0 aromatic rings. The lowest BCUT2D eigenvalue weighted by molar-refractivity contribution is -0.145. The number of rotatable bonds is 15. The highest BCUT2D eigenvalue weighted by molar-refractivity contribution is 7.98. The van der Waals surface area contributed by atoms with Crippen LogP contribution in [0.25, 0.3) is 0 Å². The van der Waals surface area contributed by atoms with Gasteiger partial charge in [-0.2, -0.15) is 24.4 Å². The minimum Gasteiger partial charge on any atom is -0.467 e. The molecule has 8 nitrogen and oxygen atoms in total. The first kappa shape index (κ1) is 29.0. The van der Waals surface area contributed by atoms with Crippen LogP contribution < -0.4 is 21.7 Å². The smallest absolute Gasteiger partial charge is 0.328 e. The molecule has 0 rings (SSSR count). The van der Waals surface area contributed by atoms with Gasteiger partial charge in [-0.1, -0.05) is 34.1 Å². The third kappa shape index (κ3) is 10.4. The van der Waals surface area contributed by atoms with Crippen molar-refractivity contribution < 1.29 is 19.1 Å². The topological polar surface area (TPSA) is 123 Å². The molecule has 0 spiro atoms. The van der Waals surface area contributed by atoms with Crippen LogP contribution in [0.15, 0.2) is 0 Å². The summed E-state index contributed by atoms with van der Waals surface area (Å²) < 4.78 is 4.81. The first-order valence-electron chi connectivity index (χ1n) is 10.4. The number of nitrogens with one attached hydrogen (secondary N) is 3. The zero-order valence-corrected chi connectivity index (χ0v) is 20.8. The van der Waals surface area contributed by atoms with E-state index in [4.69, 9.17) is 10.5 Å². The molecule has 5 N–H and O–H groups in total. The first-order valence-corrected chi connectivity index (χ1v) is 12.4. The van der Waals surface area contributed by atoms with Gasteiger partial charge >= 0.3 is 5.97 Å². The maximum Gasteiger partial charge on any atom is 0.328 e. The van der Waals surface area contributed by atoms with E-state index in [1.54, 1.807) is 11.8 Å². The Morgan fingerprint density at radius 1 is 1.10 bits per heavy atom. The third-order valence-electron chi connectivity index (χ3n) is 4.99. The van der Waals surface area contributed by atoms with Gasteiger partial charge in [0, 0.05) is 18.3 Å². The number of ether oxygens (including phenoxy) is 1. The summed E-state index contributed by atoms with van der Waals surface area (Å²) in [5, 5.41) is 8.81. The number of carbonyl (C=O) groups is 3. The van der Waals surface area contributed by atoms with Crippen molar-refractivity contribution in [3.63, 3.8) is 0 Å². The largest absolute Gasteiger partial charge is 0.467 e. The van der Waals surface area contributed by atoms with Gasteiger partial charge in [0.05, 0.1) is 13.2 Å². The molecule has 0 radical (unpaired) electrons. The Labute approximate surface area is 191 Å². The van der Waals surface area contributed by atoms with E-state index >= 15 is 0 Å². The van der Waals surface area contributed by atoms with Crippen molar-refractivity contribution in [1.29, 1.82) is 0 Å². The summed E-state index contributed by atoms with van der Waals surface area (Å²) in [6.07, 6.45) is 3.08. The Kier molecular flexibility index (Phi) is 15.3. The molecule has 0 bridgehead atoms. The fourth-order valence-electron chi connectivity index (χ4n) is 2.81. The summed E-state index contributed by atoms with van der Waals surface area (Å²) >= 11 is 5.74. The molecule has 176 valence electrons. The zero-order valence-electron chi connectivity index (χ0n) is 19.1. The molecule has 5 atom stereocenters. The molecule has 0 aliphatic rings. The number of amides is 2. The Morgan fingerprint density at radius 2 is 1.70 bits per heavy atom. The van der Waals surface area contributed by atoms with Crippen molar-refractivity contribution in [1.82, 2.24) is 16.0 Å². The number of nitrogens with two attached hydrogens (primary N) is 1. The molecule has 0 saturated carbocycles. The summed E-state index contributed by atoms with van der Waals surface area (Å²) in [6, 6.07) is -2.17. The van der Waals surface area contributed by atoms with E-state index in [9.17, 15) is 14.4 Å². The highest BCUT2D eigenvalue weighted by atomic mass is 32.2. The highest BCUT2D eigenvalue weighted by Gasteiger charge is 2.32. The Bertz CT molecular complexity index is 537. The quantitative estimate of drug-likeness (QED) is 0.179. The second-order valence-corrected chi connectivity index (χ2v) is 9.16. The molecule has 0 aliphatic carbocycles. The number of esters is 1. The lowest BCUT2D eigenvalue weighted by Crippen LogP contribution is -2.59. The zero-order chi connectivity index (χ0) is 23.3. The van der Waals surface area contributed by atoms with Gasteiger partial charge in [-0.05, 0) is 30.3 Å². The molecule has 30 heavy (non-hydrogen) atoms. The van der Waals surface area contributed by atoms with Crippen LogP contribution in [0.3, 0.4) is 0 Å². The van der Waals surface area contributed by atoms with Crippen molar-refractivity contribution in [2.75, 3.05) is 31.4 Å². The lowest BCUT2D eigenvalue weighted by Gasteiger charge is -2.29. The summed E-state index contributed by atoms with van der Waals surface area (Å²) in [5.74, 6) is -0.0520. The van der Waals surface area contributed by atoms with E-state index in [0.29, 0.717) is 30.9 Å². The minimum atomic E-state index is -0.759. The normalized spacial score (nSPS) is 16.3. The fourth-order valence-corrected chi connectivity index (χ4v) is 3.41. The summed E-state index contributed by atoms with van der Waals surface area (Å²) in [7, 11) is 1.29. The van der Waals surface area contributed by atoms with Gasteiger partial charge < -0.3 is 26.4 Å². The molecule has 10 heteroatoms. The SMILES string of the molecule is CC[C@H](C)[C@H](NC(=O)[C@@H](NC[C@@H](N)CS)C(C)C)C(=O)N[C@@H](CCSC)C(=O)OC. The standard InChI is InChI=1S/C20H40N4O4S2/c1-7-13(4)17(19(26)23-15(8-9-30-6)20(27)28-5)24-18(25)16(12(2)3)22-10-14(21)11-29/h12-17,22,29H,7-11,21H2,1-6H3,(H,23,26)(H,24,25)/t13-,14+,15-,16-,17-/m0/s1. The molecular formula is C20H40N4O4S2. The number of carbonyl (C=O) groups excluding carboxylic acids is 3. The minimum absolute atomic E-state index is 0.00200. The maximum absolute atomic E-state index is 13.0. The predicted octanol–water partition coefficient (Wildman–Crippen LogP) is 0.800. The van der Waals surface area contributed by atoms with Crippen molar-refractivity contribution in [3.8, 4) is 0 Å². The molecule has 0 heterocycles. The highest BCUT2D eigenvalue weighted by Crippen LogP contribution is 2.12. The van der Waals surface area contributed by atoms with E-state index in [1.165, 1.54) is 7.11 Å². The second kappa shape index (κ2) is 15.8. The van der Waals surface area contributed by atoms with Crippen LogP contribution in [-0.4, -0.2) is 73.4 Å². The van der Waals surface area contributed by atoms with Gasteiger partial charge in [-0.15, -0.1) is 0 Å². The monoisotopic (exact) mass is 464 g/mol.